The Hall–Kier alpha value is -1.63. The summed E-state index contributed by atoms with van der Waals surface area (Å²) in [6.07, 6.45) is 5.54. The summed E-state index contributed by atoms with van der Waals surface area (Å²) in [5.41, 5.74) is 4.80. The van der Waals surface area contributed by atoms with Gasteiger partial charge < -0.3 is 0 Å². The standard InChI is InChI=1S/C15H18O/c1-11-5-7-13(3)15(9-11)10-12(2)6-8-14(4)16/h5-10H,1-4H3/b8-6+,12-10+. The number of hydrogen-bond acceptors (Lipinski definition) is 1. The van der Waals surface area contributed by atoms with Gasteiger partial charge in [0.25, 0.3) is 0 Å². The van der Waals surface area contributed by atoms with E-state index in [-0.39, 0.29) is 5.78 Å². The highest BCUT2D eigenvalue weighted by Gasteiger charge is 1.95. The molecule has 16 heavy (non-hydrogen) atoms. The second-order valence-electron chi connectivity index (χ2n) is 4.19. The molecule has 0 aromatic heterocycles. The molecule has 1 heteroatoms. The zero-order valence-electron chi connectivity index (χ0n) is 10.4. The van der Waals surface area contributed by atoms with Gasteiger partial charge in [-0.1, -0.05) is 41.5 Å². The van der Waals surface area contributed by atoms with E-state index in [2.05, 4.69) is 38.1 Å². The molecule has 0 N–H and O–H groups in total. The van der Waals surface area contributed by atoms with E-state index in [0.717, 1.165) is 5.57 Å². The molecule has 0 saturated heterocycles. The minimum absolute atomic E-state index is 0.0775. The summed E-state index contributed by atoms with van der Waals surface area (Å²) in [6.45, 7) is 7.73. The Bertz CT molecular complexity index is 451. The first-order chi connectivity index (χ1) is 7.49. The molecule has 84 valence electrons. The molecule has 0 amide bonds. The van der Waals surface area contributed by atoms with Crippen LogP contribution in [0.1, 0.15) is 30.5 Å². The summed E-state index contributed by atoms with van der Waals surface area (Å²) in [6, 6.07) is 6.37. The monoisotopic (exact) mass is 214 g/mol. The third kappa shape index (κ3) is 3.85. The van der Waals surface area contributed by atoms with Gasteiger partial charge in [0.1, 0.15) is 0 Å². The highest BCUT2D eigenvalue weighted by Crippen LogP contribution is 2.14. The van der Waals surface area contributed by atoms with Crippen molar-refractivity contribution in [2.24, 2.45) is 0 Å². The summed E-state index contributed by atoms with van der Waals surface area (Å²) in [7, 11) is 0. The summed E-state index contributed by atoms with van der Waals surface area (Å²) in [5, 5.41) is 0. The van der Waals surface area contributed by atoms with E-state index in [1.807, 2.05) is 13.0 Å². The summed E-state index contributed by atoms with van der Waals surface area (Å²) < 4.78 is 0. The molecule has 1 aromatic rings. The molecule has 0 atom stereocenters. The lowest BCUT2D eigenvalue weighted by Gasteiger charge is -2.02. The fraction of sp³-hybridized carbons (Fsp3) is 0.267. The van der Waals surface area contributed by atoms with Gasteiger partial charge >= 0.3 is 0 Å². The molecule has 0 aliphatic rings. The second-order valence-corrected chi connectivity index (χ2v) is 4.19. The second kappa shape index (κ2) is 5.45. The molecular weight excluding hydrogens is 196 g/mol. The lowest BCUT2D eigenvalue weighted by Crippen LogP contribution is -1.84. The van der Waals surface area contributed by atoms with Gasteiger partial charge in [0.15, 0.2) is 5.78 Å². The Morgan fingerprint density at radius 1 is 1.12 bits per heavy atom. The fourth-order valence-electron chi connectivity index (χ4n) is 1.46. The lowest BCUT2D eigenvalue weighted by atomic mass is 10.0. The zero-order chi connectivity index (χ0) is 12.1. The number of allylic oxidation sites excluding steroid dienone is 3. The molecule has 0 fully saturated rings. The highest BCUT2D eigenvalue weighted by atomic mass is 16.1. The van der Waals surface area contributed by atoms with E-state index < -0.39 is 0 Å². The van der Waals surface area contributed by atoms with E-state index in [1.165, 1.54) is 16.7 Å². The third-order valence-corrected chi connectivity index (χ3v) is 2.40. The van der Waals surface area contributed by atoms with Crippen LogP contribution in [0.15, 0.2) is 35.9 Å². The number of hydrogen-bond donors (Lipinski definition) is 0. The molecule has 0 heterocycles. The average Bonchev–Trinajstić information content (AvgIpc) is 2.20. The van der Waals surface area contributed by atoms with Crippen molar-refractivity contribution in [3.05, 3.63) is 52.6 Å². The van der Waals surface area contributed by atoms with Gasteiger partial charge in [0.2, 0.25) is 0 Å². The summed E-state index contributed by atoms with van der Waals surface area (Å²) in [5.74, 6) is 0.0775. The minimum atomic E-state index is 0.0775. The van der Waals surface area contributed by atoms with Crippen LogP contribution in [-0.2, 0) is 4.79 Å². The SMILES string of the molecule is CC(=O)/C=C/C(C)=C/c1cc(C)ccc1C. The Balaban J connectivity index is 2.97. The van der Waals surface area contributed by atoms with Crippen LogP contribution in [0.3, 0.4) is 0 Å². The largest absolute Gasteiger partial charge is 0.295 e. The van der Waals surface area contributed by atoms with Crippen LogP contribution in [0.25, 0.3) is 6.08 Å². The third-order valence-electron chi connectivity index (χ3n) is 2.40. The molecular formula is C15H18O. The number of ketones is 1. The van der Waals surface area contributed by atoms with E-state index >= 15 is 0 Å². The normalized spacial score (nSPS) is 12.1. The Kier molecular flexibility index (Phi) is 4.24. The van der Waals surface area contributed by atoms with Gasteiger partial charge in [-0.15, -0.1) is 0 Å². The van der Waals surface area contributed by atoms with Crippen LogP contribution in [0.5, 0.6) is 0 Å². The predicted molar refractivity (Wildman–Crippen MR) is 69.4 cm³/mol. The number of aryl methyl sites for hydroxylation is 2. The Morgan fingerprint density at radius 2 is 1.81 bits per heavy atom. The molecule has 0 unspecified atom stereocenters. The van der Waals surface area contributed by atoms with Crippen LogP contribution in [0.4, 0.5) is 0 Å². The van der Waals surface area contributed by atoms with Crippen LogP contribution in [0, 0.1) is 13.8 Å². The molecule has 0 bridgehead atoms. The van der Waals surface area contributed by atoms with Gasteiger partial charge in [0, 0.05) is 0 Å². The Morgan fingerprint density at radius 3 is 2.44 bits per heavy atom. The highest BCUT2D eigenvalue weighted by molar-refractivity contribution is 5.87. The molecule has 0 radical (unpaired) electrons. The lowest BCUT2D eigenvalue weighted by molar-refractivity contribution is -0.112. The smallest absolute Gasteiger partial charge is 0.152 e. The van der Waals surface area contributed by atoms with Crippen LogP contribution in [-0.4, -0.2) is 5.78 Å². The van der Waals surface area contributed by atoms with Crippen LogP contribution >= 0.6 is 0 Å². The molecule has 1 aromatic carbocycles. The van der Waals surface area contributed by atoms with Crippen molar-refractivity contribution in [1.29, 1.82) is 0 Å². The first-order valence-corrected chi connectivity index (χ1v) is 5.43. The van der Waals surface area contributed by atoms with Gasteiger partial charge in [-0.05, 0) is 44.9 Å². The molecule has 0 saturated carbocycles. The van der Waals surface area contributed by atoms with Gasteiger partial charge in [0.05, 0.1) is 0 Å². The van der Waals surface area contributed by atoms with E-state index in [0.29, 0.717) is 0 Å². The molecule has 0 aliphatic heterocycles. The molecule has 1 nitrogen and oxygen atoms in total. The maximum atomic E-state index is 10.8. The number of rotatable bonds is 3. The summed E-state index contributed by atoms with van der Waals surface area (Å²) in [4.78, 5) is 10.8. The molecule has 0 spiro atoms. The van der Waals surface area contributed by atoms with Crippen molar-refractivity contribution in [2.75, 3.05) is 0 Å². The van der Waals surface area contributed by atoms with E-state index in [1.54, 1.807) is 13.0 Å². The number of carbonyl (C=O) groups excluding carboxylic acids is 1. The minimum Gasteiger partial charge on any atom is -0.295 e. The van der Waals surface area contributed by atoms with Crippen molar-refractivity contribution in [3.8, 4) is 0 Å². The van der Waals surface area contributed by atoms with Crippen LogP contribution < -0.4 is 0 Å². The predicted octanol–water partition coefficient (Wildman–Crippen LogP) is 3.85. The van der Waals surface area contributed by atoms with Gasteiger partial charge in [-0.3, -0.25) is 4.79 Å². The first-order valence-electron chi connectivity index (χ1n) is 5.43. The topological polar surface area (TPSA) is 17.1 Å². The van der Waals surface area contributed by atoms with Crippen molar-refractivity contribution in [1.82, 2.24) is 0 Å². The van der Waals surface area contributed by atoms with E-state index in [4.69, 9.17) is 0 Å². The zero-order valence-corrected chi connectivity index (χ0v) is 10.4. The van der Waals surface area contributed by atoms with Crippen molar-refractivity contribution >= 4 is 11.9 Å². The fourth-order valence-corrected chi connectivity index (χ4v) is 1.46. The maximum absolute atomic E-state index is 10.8. The maximum Gasteiger partial charge on any atom is 0.152 e. The number of benzene rings is 1. The quantitative estimate of drug-likeness (QED) is 0.551. The van der Waals surface area contributed by atoms with Crippen LogP contribution in [0.2, 0.25) is 0 Å². The number of carbonyl (C=O) groups is 1. The van der Waals surface area contributed by atoms with Crippen molar-refractivity contribution in [2.45, 2.75) is 27.7 Å². The van der Waals surface area contributed by atoms with E-state index in [9.17, 15) is 4.79 Å². The average molecular weight is 214 g/mol. The molecule has 1 rings (SSSR count). The molecule has 0 aliphatic carbocycles. The van der Waals surface area contributed by atoms with Gasteiger partial charge in [-0.25, -0.2) is 0 Å². The van der Waals surface area contributed by atoms with Crippen molar-refractivity contribution in [3.63, 3.8) is 0 Å². The Labute approximate surface area is 97.5 Å². The first kappa shape index (κ1) is 12.4. The van der Waals surface area contributed by atoms with Crippen molar-refractivity contribution < 1.29 is 4.79 Å². The summed E-state index contributed by atoms with van der Waals surface area (Å²) >= 11 is 0. The van der Waals surface area contributed by atoms with Gasteiger partial charge in [-0.2, -0.15) is 0 Å².